The fourth-order valence-corrected chi connectivity index (χ4v) is 4.30. The van der Waals surface area contributed by atoms with Gasteiger partial charge in [0, 0.05) is 0 Å². The lowest BCUT2D eigenvalue weighted by Crippen LogP contribution is -2.13. The highest BCUT2D eigenvalue weighted by Gasteiger charge is 2.14. The van der Waals surface area contributed by atoms with Gasteiger partial charge >= 0.3 is 0 Å². The Kier molecular flexibility index (Phi) is 8.70. The van der Waals surface area contributed by atoms with Gasteiger partial charge in [0.1, 0.15) is 24.9 Å². The summed E-state index contributed by atoms with van der Waals surface area (Å²) in [6.07, 6.45) is 3.37. The maximum atomic E-state index is 12.6. The third-order valence-corrected chi connectivity index (χ3v) is 6.73. The van der Waals surface area contributed by atoms with E-state index in [1.165, 1.54) is 29.2 Å². The number of hydrogen-bond donors (Lipinski definition) is 1. The first-order chi connectivity index (χ1) is 17.6. The van der Waals surface area contributed by atoms with Crippen LogP contribution in [0.3, 0.4) is 0 Å². The van der Waals surface area contributed by atoms with Crippen molar-refractivity contribution in [3.8, 4) is 17.6 Å². The van der Waals surface area contributed by atoms with Crippen LogP contribution in [0.25, 0.3) is 6.08 Å². The molecule has 0 spiro atoms. The molecule has 1 aromatic heterocycles. The zero-order chi connectivity index (χ0) is 25.2. The lowest BCUT2D eigenvalue weighted by molar-refractivity contribution is -0.112. The highest BCUT2D eigenvalue weighted by molar-refractivity contribution is 8.00. The van der Waals surface area contributed by atoms with Crippen LogP contribution in [0.5, 0.6) is 11.5 Å². The second kappa shape index (κ2) is 12.5. The molecule has 180 valence electrons. The zero-order valence-corrected chi connectivity index (χ0v) is 21.0. The molecule has 0 unspecified atom stereocenters. The summed E-state index contributed by atoms with van der Waals surface area (Å²) in [5, 5.41) is 20.4. The number of benzene rings is 3. The van der Waals surface area contributed by atoms with Gasteiger partial charge in [-0.1, -0.05) is 89.8 Å². The summed E-state index contributed by atoms with van der Waals surface area (Å²) >= 11 is 2.67. The Morgan fingerprint density at radius 2 is 1.61 bits per heavy atom. The molecule has 7 nitrogen and oxygen atoms in total. The second-order valence-electron chi connectivity index (χ2n) is 7.46. The van der Waals surface area contributed by atoms with Crippen molar-refractivity contribution >= 4 is 40.2 Å². The van der Waals surface area contributed by atoms with Crippen molar-refractivity contribution in [1.29, 1.82) is 5.26 Å². The minimum absolute atomic E-state index is 0.0668. The van der Waals surface area contributed by atoms with Gasteiger partial charge in [-0.3, -0.25) is 10.1 Å². The number of carbonyl (C=O) groups is 1. The number of amides is 1. The Balaban J connectivity index is 1.55. The van der Waals surface area contributed by atoms with Crippen LogP contribution in [0.4, 0.5) is 5.13 Å². The Morgan fingerprint density at radius 1 is 0.972 bits per heavy atom. The van der Waals surface area contributed by atoms with Crippen LogP contribution < -0.4 is 14.8 Å². The fourth-order valence-electron chi connectivity index (χ4n) is 3.14. The third kappa shape index (κ3) is 6.95. The minimum Gasteiger partial charge on any atom is -0.485 e. The topological polar surface area (TPSA) is 97.1 Å². The van der Waals surface area contributed by atoms with E-state index in [0.29, 0.717) is 35.4 Å². The number of carbonyl (C=O) groups excluding carboxylic acids is 1. The molecule has 1 heterocycles. The predicted molar refractivity (Wildman–Crippen MR) is 142 cm³/mol. The van der Waals surface area contributed by atoms with Gasteiger partial charge in [0.05, 0.1) is 0 Å². The van der Waals surface area contributed by atoms with Gasteiger partial charge in [0.25, 0.3) is 5.91 Å². The quantitative estimate of drug-likeness (QED) is 0.121. The molecule has 0 atom stereocenters. The van der Waals surface area contributed by atoms with E-state index in [1.807, 2.05) is 73.0 Å². The van der Waals surface area contributed by atoms with Crippen LogP contribution in [0.1, 0.15) is 16.7 Å². The minimum atomic E-state index is -0.558. The summed E-state index contributed by atoms with van der Waals surface area (Å²) in [5.41, 5.74) is 2.59. The number of nitriles is 1. The van der Waals surface area contributed by atoms with Crippen molar-refractivity contribution in [1.82, 2.24) is 10.2 Å². The van der Waals surface area contributed by atoms with Gasteiger partial charge < -0.3 is 9.47 Å². The SMILES string of the molecule is CSc1nnc(NC(=O)C(C#N)=Cc2ccc(OCc3ccccc3)c(OCc3ccccc3)c2)s1. The summed E-state index contributed by atoms with van der Waals surface area (Å²) in [5.74, 6) is 0.515. The second-order valence-corrected chi connectivity index (χ2v) is 9.49. The number of anilines is 1. The van der Waals surface area contributed by atoms with Gasteiger partial charge in [0.2, 0.25) is 5.13 Å². The largest absolute Gasteiger partial charge is 0.485 e. The number of aromatic nitrogens is 2. The monoisotopic (exact) mass is 514 g/mol. The molecule has 0 aliphatic carbocycles. The first-order valence-electron chi connectivity index (χ1n) is 10.9. The molecular weight excluding hydrogens is 492 g/mol. The van der Waals surface area contributed by atoms with Crippen molar-refractivity contribution in [2.75, 3.05) is 11.6 Å². The third-order valence-electron chi connectivity index (χ3n) is 4.92. The number of nitrogens with zero attached hydrogens (tertiary/aromatic N) is 3. The Hall–Kier alpha value is -4.13. The van der Waals surface area contributed by atoms with Gasteiger partial charge in [-0.2, -0.15) is 5.26 Å². The molecular formula is C27H22N4O3S2. The molecule has 36 heavy (non-hydrogen) atoms. The van der Waals surface area contributed by atoms with Crippen LogP contribution >= 0.6 is 23.1 Å². The molecule has 0 saturated heterocycles. The number of nitrogens with one attached hydrogen (secondary N) is 1. The molecule has 0 fully saturated rings. The van der Waals surface area contributed by atoms with Crippen LogP contribution in [0.15, 0.2) is 88.8 Å². The Bertz CT molecular complexity index is 1380. The Labute approximate surface area is 217 Å². The van der Waals surface area contributed by atoms with E-state index < -0.39 is 5.91 Å². The van der Waals surface area contributed by atoms with E-state index in [2.05, 4.69) is 15.5 Å². The molecule has 4 aromatic rings. The van der Waals surface area contributed by atoms with E-state index in [-0.39, 0.29) is 5.57 Å². The Morgan fingerprint density at radius 3 is 2.19 bits per heavy atom. The maximum Gasteiger partial charge on any atom is 0.268 e. The molecule has 9 heteroatoms. The highest BCUT2D eigenvalue weighted by Crippen LogP contribution is 2.31. The van der Waals surface area contributed by atoms with Gasteiger partial charge in [-0.05, 0) is 41.2 Å². The summed E-state index contributed by atoms with van der Waals surface area (Å²) in [7, 11) is 0. The summed E-state index contributed by atoms with van der Waals surface area (Å²) in [6.45, 7) is 0.722. The molecule has 0 saturated carbocycles. The number of ether oxygens (including phenoxy) is 2. The standard InChI is InChI=1S/C27H22N4O3S2/c1-35-27-31-30-26(36-27)29-25(32)22(16-28)14-21-12-13-23(33-17-19-8-4-2-5-9-19)24(15-21)34-18-20-10-6-3-7-11-20/h2-15H,17-18H2,1H3,(H,29,30,32). The van der Waals surface area contributed by atoms with Crippen molar-refractivity contribution in [3.05, 3.63) is 101 Å². The highest BCUT2D eigenvalue weighted by atomic mass is 32.2. The van der Waals surface area contributed by atoms with E-state index >= 15 is 0 Å². The van der Waals surface area contributed by atoms with E-state index in [1.54, 1.807) is 18.2 Å². The van der Waals surface area contributed by atoms with Gasteiger partial charge in [-0.15, -0.1) is 10.2 Å². The summed E-state index contributed by atoms with van der Waals surface area (Å²) in [6, 6.07) is 26.9. The van der Waals surface area contributed by atoms with Crippen molar-refractivity contribution in [3.63, 3.8) is 0 Å². The first-order valence-corrected chi connectivity index (χ1v) is 13.0. The van der Waals surface area contributed by atoms with Crippen LogP contribution in [0.2, 0.25) is 0 Å². The molecule has 1 amide bonds. The van der Waals surface area contributed by atoms with E-state index in [9.17, 15) is 10.1 Å². The molecule has 1 N–H and O–H groups in total. The molecule has 3 aromatic carbocycles. The predicted octanol–water partition coefficient (Wildman–Crippen LogP) is 5.96. The van der Waals surface area contributed by atoms with Gasteiger partial charge in [0.15, 0.2) is 15.8 Å². The molecule has 0 aliphatic heterocycles. The normalized spacial score (nSPS) is 10.9. The lowest BCUT2D eigenvalue weighted by atomic mass is 10.1. The van der Waals surface area contributed by atoms with Gasteiger partial charge in [-0.25, -0.2) is 0 Å². The lowest BCUT2D eigenvalue weighted by Gasteiger charge is -2.14. The average Bonchev–Trinajstić information content (AvgIpc) is 3.38. The first kappa shape index (κ1) is 25.0. The molecule has 0 bridgehead atoms. The fraction of sp³-hybridized carbons (Fsp3) is 0.111. The smallest absolute Gasteiger partial charge is 0.268 e. The molecule has 0 radical (unpaired) electrons. The number of rotatable bonds is 10. The van der Waals surface area contributed by atoms with Crippen LogP contribution in [0, 0.1) is 11.3 Å². The van der Waals surface area contributed by atoms with Crippen molar-refractivity contribution in [2.24, 2.45) is 0 Å². The maximum absolute atomic E-state index is 12.6. The average molecular weight is 515 g/mol. The molecule has 0 aliphatic rings. The van der Waals surface area contributed by atoms with Crippen LogP contribution in [-0.2, 0) is 18.0 Å². The number of hydrogen-bond acceptors (Lipinski definition) is 8. The zero-order valence-electron chi connectivity index (χ0n) is 19.4. The van der Waals surface area contributed by atoms with E-state index in [0.717, 1.165) is 15.5 Å². The summed E-state index contributed by atoms with van der Waals surface area (Å²) < 4.78 is 12.8. The van der Waals surface area contributed by atoms with Crippen LogP contribution in [-0.4, -0.2) is 22.4 Å². The van der Waals surface area contributed by atoms with Crippen molar-refractivity contribution < 1.29 is 14.3 Å². The number of thioether (sulfide) groups is 1. The van der Waals surface area contributed by atoms with Crippen molar-refractivity contribution in [2.45, 2.75) is 17.6 Å². The molecule has 4 rings (SSSR count). The van der Waals surface area contributed by atoms with E-state index in [4.69, 9.17) is 9.47 Å². The summed E-state index contributed by atoms with van der Waals surface area (Å²) in [4.78, 5) is 12.6.